The van der Waals surface area contributed by atoms with Gasteiger partial charge < -0.3 is 9.52 Å². The van der Waals surface area contributed by atoms with E-state index in [1.807, 2.05) is 0 Å². The van der Waals surface area contributed by atoms with Crippen molar-refractivity contribution in [3.63, 3.8) is 0 Å². The Labute approximate surface area is 104 Å². The summed E-state index contributed by atoms with van der Waals surface area (Å²) < 4.78 is 28.5. The quantitative estimate of drug-likeness (QED) is 0.917. The van der Waals surface area contributed by atoms with Crippen LogP contribution < -0.4 is 0 Å². The molecule has 96 valence electrons. The smallest absolute Gasteiger partial charge is 0.372 e. The summed E-state index contributed by atoms with van der Waals surface area (Å²) in [6.45, 7) is 1.53. The number of furan rings is 1. The molecule has 6 heteroatoms. The van der Waals surface area contributed by atoms with Gasteiger partial charge in [-0.25, -0.2) is 13.2 Å². The average molecular weight is 268 g/mol. The topological polar surface area (TPSA) is 84.6 Å². The lowest BCUT2D eigenvalue weighted by Gasteiger charge is -2.00. The summed E-state index contributed by atoms with van der Waals surface area (Å²) in [6, 6.07) is 6.69. The second-order valence-electron chi connectivity index (χ2n) is 3.89. The molecule has 0 bridgehead atoms. The first-order chi connectivity index (χ1) is 8.44. The van der Waals surface area contributed by atoms with Gasteiger partial charge in [0.1, 0.15) is 5.58 Å². The van der Waals surface area contributed by atoms with Crippen LogP contribution in [0.1, 0.15) is 23.0 Å². The number of fused-ring (bicyclic) bond motifs is 1. The van der Waals surface area contributed by atoms with Crippen LogP contribution in [-0.2, 0) is 15.6 Å². The highest BCUT2D eigenvalue weighted by molar-refractivity contribution is 7.90. The van der Waals surface area contributed by atoms with Gasteiger partial charge in [-0.2, -0.15) is 0 Å². The summed E-state index contributed by atoms with van der Waals surface area (Å²) in [5, 5.41) is 9.58. The number of aromatic carboxylic acids is 1. The highest BCUT2D eigenvalue weighted by Crippen LogP contribution is 2.27. The van der Waals surface area contributed by atoms with Gasteiger partial charge in [0.05, 0.1) is 5.75 Å². The van der Waals surface area contributed by atoms with Crippen LogP contribution in [-0.4, -0.2) is 25.2 Å². The molecule has 1 heterocycles. The summed E-state index contributed by atoms with van der Waals surface area (Å²) in [6.07, 6.45) is 0. The number of para-hydroxylation sites is 1. The van der Waals surface area contributed by atoms with Crippen LogP contribution in [0.4, 0.5) is 0 Å². The Kier molecular flexibility index (Phi) is 3.13. The highest BCUT2D eigenvalue weighted by atomic mass is 32.2. The second kappa shape index (κ2) is 4.45. The van der Waals surface area contributed by atoms with Gasteiger partial charge >= 0.3 is 5.97 Å². The predicted molar refractivity (Wildman–Crippen MR) is 66.3 cm³/mol. The van der Waals surface area contributed by atoms with Crippen molar-refractivity contribution in [2.45, 2.75) is 12.7 Å². The minimum absolute atomic E-state index is 0.0361. The molecule has 0 aliphatic rings. The number of benzene rings is 1. The molecule has 0 atom stereocenters. The van der Waals surface area contributed by atoms with Crippen molar-refractivity contribution >= 4 is 26.8 Å². The van der Waals surface area contributed by atoms with Gasteiger partial charge in [0.2, 0.25) is 5.76 Å². The normalized spacial score (nSPS) is 11.8. The van der Waals surface area contributed by atoms with Crippen molar-refractivity contribution in [1.82, 2.24) is 0 Å². The van der Waals surface area contributed by atoms with E-state index in [1.54, 1.807) is 24.3 Å². The van der Waals surface area contributed by atoms with Crippen molar-refractivity contribution in [3.05, 3.63) is 35.6 Å². The van der Waals surface area contributed by atoms with Gasteiger partial charge in [0, 0.05) is 16.7 Å². The van der Waals surface area contributed by atoms with Crippen LogP contribution in [0, 0.1) is 0 Å². The summed E-state index contributed by atoms with van der Waals surface area (Å²) >= 11 is 0. The molecule has 5 nitrogen and oxygen atoms in total. The zero-order valence-electron chi connectivity index (χ0n) is 9.71. The van der Waals surface area contributed by atoms with Gasteiger partial charge in [-0.3, -0.25) is 0 Å². The molecule has 0 aliphatic carbocycles. The van der Waals surface area contributed by atoms with E-state index >= 15 is 0 Å². The molecule has 0 aliphatic heterocycles. The molecule has 0 radical (unpaired) electrons. The number of sulfone groups is 1. The lowest BCUT2D eigenvalue weighted by atomic mass is 10.1. The van der Waals surface area contributed by atoms with E-state index in [0.29, 0.717) is 11.0 Å². The van der Waals surface area contributed by atoms with E-state index in [2.05, 4.69) is 0 Å². The minimum atomic E-state index is -3.31. The Morgan fingerprint density at radius 2 is 2.00 bits per heavy atom. The number of carbonyl (C=O) groups is 1. The van der Waals surface area contributed by atoms with Crippen LogP contribution in [0.3, 0.4) is 0 Å². The Balaban J connectivity index is 2.66. The van der Waals surface area contributed by atoms with Gasteiger partial charge in [0.15, 0.2) is 9.84 Å². The third kappa shape index (κ3) is 2.24. The monoisotopic (exact) mass is 268 g/mol. The molecule has 0 unspecified atom stereocenters. The molecule has 0 saturated heterocycles. The Bertz CT molecular complexity index is 696. The summed E-state index contributed by atoms with van der Waals surface area (Å²) in [5.41, 5.74) is 0.608. The van der Waals surface area contributed by atoms with E-state index in [0.717, 1.165) is 0 Å². The Hall–Kier alpha value is -1.82. The van der Waals surface area contributed by atoms with E-state index in [-0.39, 0.29) is 22.8 Å². The second-order valence-corrected chi connectivity index (χ2v) is 6.24. The lowest BCUT2D eigenvalue weighted by Crippen LogP contribution is -2.09. The molecule has 1 aromatic carbocycles. The van der Waals surface area contributed by atoms with E-state index in [4.69, 9.17) is 9.52 Å². The van der Waals surface area contributed by atoms with Gasteiger partial charge in [0.25, 0.3) is 0 Å². The minimum Gasteiger partial charge on any atom is -0.475 e. The van der Waals surface area contributed by atoms with Crippen LogP contribution in [0.2, 0.25) is 0 Å². The molecule has 18 heavy (non-hydrogen) atoms. The summed E-state index contributed by atoms with van der Waals surface area (Å²) in [5.74, 6) is -1.91. The van der Waals surface area contributed by atoms with E-state index in [1.165, 1.54) is 6.92 Å². The predicted octanol–water partition coefficient (Wildman–Crippen LogP) is 2.07. The summed E-state index contributed by atoms with van der Waals surface area (Å²) in [7, 11) is -3.31. The average Bonchev–Trinajstić information content (AvgIpc) is 2.68. The summed E-state index contributed by atoms with van der Waals surface area (Å²) in [4.78, 5) is 11.1. The van der Waals surface area contributed by atoms with Gasteiger partial charge in [-0.05, 0) is 6.07 Å². The first-order valence-corrected chi connectivity index (χ1v) is 7.21. The van der Waals surface area contributed by atoms with Crippen molar-refractivity contribution < 1.29 is 22.7 Å². The first kappa shape index (κ1) is 12.6. The van der Waals surface area contributed by atoms with Gasteiger partial charge in [-0.1, -0.05) is 25.1 Å². The standard InChI is InChI=1S/C12H12O5S/c1-2-18(15,16)7-9-8-5-3-4-6-10(8)17-11(9)12(13)14/h3-6H,2,7H2,1H3,(H,13,14). The van der Waals surface area contributed by atoms with Crippen LogP contribution in [0.25, 0.3) is 11.0 Å². The number of hydrogen-bond acceptors (Lipinski definition) is 4. The fourth-order valence-corrected chi connectivity index (χ4v) is 2.67. The van der Waals surface area contributed by atoms with E-state index < -0.39 is 15.8 Å². The molecule has 0 spiro atoms. The number of carboxylic acid groups (broad SMARTS) is 1. The molecule has 0 amide bonds. The maximum absolute atomic E-state index is 11.7. The first-order valence-electron chi connectivity index (χ1n) is 5.38. The third-order valence-corrected chi connectivity index (χ3v) is 4.30. The number of hydrogen-bond donors (Lipinski definition) is 1. The fraction of sp³-hybridized carbons (Fsp3) is 0.250. The molecule has 1 N–H and O–H groups in total. The van der Waals surface area contributed by atoms with Crippen molar-refractivity contribution in [2.75, 3.05) is 5.75 Å². The molecule has 2 rings (SSSR count). The highest BCUT2D eigenvalue weighted by Gasteiger charge is 2.23. The molecular weight excluding hydrogens is 256 g/mol. The van der Waals surface area contributed by atoms with Crippen molar-refractivity contribution in [3.8, 4) is 0 Å². The maximum Gasteiger partial charge on any atom is 0.372 e. The third-order valence-electron chi connectivity index (χ3n) is 2.70. The Morgan fingerprint density at radius 3 is 2.61 bits per heavy atom. The van der Waals surface area contributed by atoms with E-state index in [9.17, 15) is 13.2 Å². The maximum atomic E-state index is 11.7. The zero-order valence-corrected chi connectivity index (χ0v) is 10.5. The molecule has 0 fully saturated rings. The van der Waals surface area contributed by atoms with Crippen LogP contribution >= 0.6 is 0 Å². The van der Waals surface area contributed by atoms with Gasteiger partial charge in [-0.15, -0.1) is 0 Å². The van der Waals surface area contributed by atoms with Crippen LogP contribution in [0.5, 0.6) is 0 Å². The SMILES string of the molecule is CCS(=O)(=O)Cc1c(C(=O)O)oc2ccccc12. The molecular formula is C12H12O5S. The zero-order chi connectivity index (χ0) is 13.3. The molecule has 0 saturated carbocycles. The number of carboxylic acids is 1. The Morgan fingerprint density at radius 1 is 1.33 bits per heavy atom. The molecule has 2 aromatic rings. The molecule has 1 aromatic heterocycles. The van der Waals surface area contributed by atoms with Crippen molar-refractivity contribution in [1.29, 1.82) is 0 Å². The van der Waals surface area contributed by atoms with Crippen LogP contribution in [0.15, 0.2) is 28.7 Å². The fourth-order valence-electron chi connectivity index (χ4n) is 1.74. The lowest BCUT2D eigenvalue weighted by molar-refractivity contribution is 0.0664. The number of rotatable bonds is 4. The largest absolute Gasteiger partial charge is 0.475 e. The van der Waals surface area contributed by atoms with Crippen molar-refractivity contribution in [2.24, 2.45) is 0 Å².